The number of hydrogen-bond acceptors (Lipinski definition) is 3. The van der Waals surface area contributed by atoms with Gasteiger partial charge in [-0.1, -0.05) is 44.9 Å². The van der Waals surface area contributed by atoms with Crippen LogP contribution in [-0.4, -0.2) is 45.1 Å². The predicted octanol–water partition coefficient (Wildman–Crippen LogP) is 3.37. The first-order valence-corrected chi connectivity index (χ1v) is 11.0. The Hall–Kier alpha value is -1.56. The first kappa shape index (κ1) is 19.8. The topological polar surface area (TPSA) is 57.7 Å². The zero-order chi connectivity index (χ0) is 18.4. The van der Waals surface area contributed by atoms with Crippen molar-refractivity contribution in [2.75, 3.05) is 30.2 Å². The van der Waals surface area contributed by atoms with Crippen molar-refractivity contribution in [1.29, 1.82) is 0 Å². The Morgan fingerprint density at radius 1 is 1.12 bits per heavy atom. The van der Waals surface area contributed by atoms with E-state index in [2.05, 4.69) is 0 Å². The molecule has 1 aliphatic heterocycles. The Kier molecular flexibility index (Phi) is 6.87. The smallest absolute Gasteiger partial charge is 0.232 e. The molecule has 0 saturated carbocycles. The predicted molar refractivity (Wildman–Crippen MR) is 102 cm³/mol. The van der Waals surface area contributed by atoms with Gasteiger partial charge in [-0.3, -0.25) is 9.10 Å². The molecule has 0 radical (unpaired) electrons. The fourth-order valence-electron chi connectivity index (χ4n) is 3.34. The van der Waals surface area contributed by atoms with Crippen LogP contribution in [0.2, 0.25) is 0 Å². The number of carbonyl (C=O) groups is 1. The van der Waals surface area contributed by atoms with Crippen LogP contribution in [-0.2, 0) is 14.8 Å². The number of benzene rings is 1. The van der Waals surface area contributed by atoms with Gasteiger partial charge < -0.3 is 4.90 Å². The van der Waals surface area contributed by atoms with Gasteiger partial charge in [0.05, 0.1) is 11.9 Å². The number of likely N-dealkylation sites (tertiary alicyclic amines) is 1. The lowest BCUT2D eigenvalue weighted by Crippen LogP contribution is -2.37. The molecule has 0 unspecified atom stereocenters. The zero-order valence-electron chi connectivity index (χ0n) is 15.6. The summed E-state index contributed by atoms with van der Waals surface area (Å²) in [7, 11) is -3.44. The van der Waals surface area contributed by atoms with Crippen molar-refractivity contribution >= 4 is 21.6 Å². The molecule has 1 aliphatic rings. The standard InChI is InChI=1S/C19H30N2O3S/c1-16(2)17-10-6-7-11-18(17)21(25(3,23)24)15-12-19(22)20-13-8-4-5-9-14-20/h6-7,10-11,16H,4-5,8-9,12-15H2,1-3H3. The van der Waals surface area contributed by atoms with Crippen LogP contribution in [0.15, 0.2) is 24.3 Å². The lowest BCUT2D eigenvalue weighted by molar-refractivity contribution is -0.130. The molecule has 1 aromatic rings. The number of anilines is 1. The van der Waals surface area contributed by atoms with Crippen LogP contribution in [0.3, 0.4) is 0 Å². The van der Waals surface area contributed by atoms with Gasteiger partial charge in [0, 0.05) is 26.1 Å². The number of nitrogens with zero attached hydrogens (tertiary/aromatic N) is 2. The first-order chi connectivity index (χ1) is 11.8. The lowest BCUT2D eigenvalue weighted by Gasteiger charge is -2.27. The minimum atomic E-state index is -3.44. The average molecular weight is 367 g/mol. The van der Waals surface area contributed by atoms with E-state index in [0.717, 1.165) is 31.5 Å². The van der Waals surface area contributed by atoms with Gasteiger partial charge in [0.15, 0.2) is 0 Å². The van der Waals surface area contributed by atoms with E-state index in [4.69, 9.17) is 0 Å². The molecular weight excluding hydrogens is 336 g/mol. The summed E-state index contributed by atoms with van der Waals surface area (Å²) < 4.78 is 26.1. The lowest BCUT2D eigenvalue weighted by atomic mass is 10.0. The Labute approximate surface area is 152 Å². The molecule has 6 heteroatoms. The van der Waals surface area contributed by atoms with Gasteiger partial charge in [-0.05, 0) is 30.4 Å². The van der Waals surface area contributed by atoms with Crippen molar-refractivity contribution in [1.82, 2.24) is 4.90 Å². The highest BCUT2D eigenvalue weighted by atomic mass is 32.2. The molecule has 1 heterocycles. The maximum Gasteiger partial charge on any atom is 0.232 e. The molecule has 5 nitrogen and oxygen atoms in total. The molecule has 0 aliphatic carbocycles. The highest BCUT2D eigenvalue weighted by molar-refractivity contribution is 7.92. The van der Waals surface area contributed by atoms with E-state index in [-0.39, 0.29) is 24.8 Å². The summed E-state index contributed by atoms with van der Waals surface area (Å²) in [6.07, 6.45) is 5.84. The average Bonchev–Trinajstić information content (AvgIpc) is 2.83. The third kappa shape index (κ3) is 5.46. The van der Waals surface area contributed by atoms with Gasteiger partial charge in [-0.15, -0.1) is 0 Å². The molecule has 1 aromatic carbocycles. The number of rotatable bonds is 6. The molecule has 0 aromatic heterocycles. The van der Waals surface area contributed by atoms with Gasteiger partial charge >= 0.3 is 0 Å². The number of amides is 1. The van der Waals surface area contributed by atoms with E-state index >= 15 is 0 Å². The summed E-state index contributed by atoms with van der Waals surface area (Å²) in [4.78, 5) is 14.4. The maximum atomic E-state index is 12.5. The van der Waals surface area contributed by atoms with Gasteiger partial charge in [-0.25, -0.2) is 8.42 Å². The fourth-order valence-corrected chi connectivity index (χ4v) is 4.29. The Morgan fingerprint density at radius 2 is 1.72 bits per heavy atom. The minimum Gasteiger partial charge on any atom is -0.343 e. The molecule has 2 rings (SSSR count). The van der Waals surface area contributed by atoms with Crippen LogP contribution in [0.4, 0.5) is 5.69 Å². The third-order valence-corrected chi connectivity index (χ3v) is 5.90. The second-order valence-electron chi connectivity index (χ2n) is 7.09. The van der Waals surface area contributed by atoms with Crippen LogP contribution in [0, 0.1) is 0 Å². The Balaban J connectivity index is 2.16. The molecule has 0 atom stereocenters. The van der Waals surface area contributed by atoms with Gasteiger partial charge in [0.2, 0.25) is 15.9 Å². The summed E-state index contributed by atoms with van der Waals surface area (Å²) in [5, 5.41) is 0. The third-order valence-electron chi connectivity index (χ3n) is 4.72. The molecular formula is C19H30N2O3S. The van der Waals surface area contributed by atoms with Crippen LogP contribution < -0.4 is 4.31 Å². The summed E-state index contributed by atoms with van der Waals surface area (Å²) in [6, 6.07) is 7.54. The quantitative estimate of drug-likeness (QED) is 0.775. The second kappa shape index (κ2) is 8.70. The molecule has 140 valence electrons. The van der Waals surface area contributed by atoms with Gasteiger partial charge in [0.25, 0.3) is 0 Å². The molecule has 1 fully saturated rings. The van der Waals surface area contributed by atoms with Crippen molar-refractivity contribution in [3.8, 4) is 0 Å². The minimum absolute atomic E-state index is 0.0533. The number of hydrogen-bond donors (Lipinski definition) is 0. The molecule has 0 N–H and O–H groups in total. The largest absolute Gasteiger partial charge is 0.343 e. The Morgan fingerprint density at radius 3 is 2.28 bits per heavy atom. The molecule has 0 spiro atoms. The molecule has 0 bridgehead atoms. The normalized spacial score (nSPS) is 15.9. The van der Waals surface area contributed by atoms with Crippen molar-refractivity contribution in [3.63, 3.8) is 0 Å². The van der Waals surface area contributed by atoms with Gasteiger partial charge in [0.1, 0.15) is 0 Å². The number of para-hydroxylation sites is 1. The summed E-state index contributed by atoms with van der Waals surface area (Å²) in [5.41, 5.74) is 1.67. The van der Waals surface area contributed by atoms with Crippen molar-refractivity contribution in [2.45, 2.75) is 51.9 Å². The zero-order valence-corrected chi connectivity index (χ0v) is 16.4. The highest BCUT2D eigenvalue weighted by Gasteiger charge is 2.23. The second-order valence-corrected chi connectivity index (χ2v) is 9.00. The first-order valence-electron chi connectivity index (χ1n) is 9.15. The number of carbonyl (C=O) groups excluding carboxylic acids is 1. The van der Waals surface area contributed by atoms with Crippen LogP contribution in [0.5, 0.6) is 0 Å². The number of sulfonamides is 1. The van der Waals surface area contributed by atoms with Crippen molar-refractivity contribution in [3.05, 3.63) is 29.8 Å². The van der Waals surface area contributed by atoms with E-state index in [1.54, 1.807) is 0 Å². The van der Waals surface area contributed by atoms with E-state index in [9.17, 15) is 13.2 Å². The van der Waals surface area contributed by atoms with E-state index in [0.29, 0.717) is 5.69 Å². The molecule has 25 heavy (non-hydrogen) atoms. The molecule has 1 amide bonds. The monoisotopic (exact) mass is 366 g/mol. The van der Waals surface area contributed by atoms with Crippen LogP contribution >= 0.6 is 0 Å². The van der Waals surface area contributed by atoms with E-state index < -0.39 is 10.0 Å². The summed E-state index contributed by atoms with van der Waals surface area (Å²) in [6.45, 7) is 5.86. The summed E-state index contributed by atoms with van der Waals surface area (Å²) >= 11 is 0. The summed E-state index contributed by atoms with van der Waals surface area (Å²) in [5.74, 6) is 0.263. The van der Waals surface area contributed by atoms with Crippen molar-refractivity contribution in [2.24, 2.45) is 0 Å². The Bertz CT molecular complexity index is 678. The SMILES string of the molecule is CC(C)c1ccccc1N(CCC(=O)N1CCCCCC1)S(C)(=O)=O. The fraction of sp³-hybridized carbons (Fsp3) is 0.632. The van der Waals surface area contributed by atoms with E-state index in [1.165, 1.54) is 23.4 Å². The molecule has 1 saturated heterocycles. The van der Waals surface area contributed by atoms with Gasteiger partial charge in [-0.2, -0.15) is 0 Å². The van der Waals surface area contributed by atoms with Crippen LogP contribution in [0.25, 0.3) is 0 Å². The maximum absolute atomic E-state index is 12.5. The highest BCUT2D eigenvalue weighted by Crippen LogP contribution is 2.29. The van der Waals surface area contributed by atoms with E-state index in [1.807, 2.05) is 43.0 Å². The van der Waals surface area contributed by atoms with Crippen LogP contribution in [0.1, 0.15) is 57.4 Å². The van der Waals surface area contributed by atoms with Crippen molar-refractivity contribution < 1.29 is 13.2 Å².